The van der Waals surface area contributed by atoms with E-state index in [0.29, 0.717) is 17.9 Å². The largest absolute Gasteiger partial charge is 0.440 e. The average Bonchev–Trinajstić information content (AvgIpc) is 2.61. The van der Waals surface area contributed by atoms with E-state index in [2.05, 4.69) is 6.07 Å². The van der Waals surface area contributed by atoms with E-state index < -0.39 is 5.92 Å². The van der Waals surface area contributed by atoms with Gasteiger partial charge in [0.1, 0.15) is 17.4 Å². The van der Waals surface area contributed by atoms with Crippen LogP contribution in [-0.4, -0.2) is 10.8 Å². The van der Waals surface area contributed by atoms with Crippen LogP contribution < -0.4 is 16.0 Å². The lowest BCUT2D eigenvalue weighted by Crippen LogP contribution is -2.32. The lowest BCUT2D eigenvalue weighted by molar-refractivity contribution is 0.388. The smallest absolute Gasteiger partial charge is 0.258 e. The van der Waals surface area contributed by atoms with Crippen molar-refractivity contribution in [2.45, 2.75) is 31.2 Å². The van der Waals surface area contributed by atoms with E-state index in [4.69, 9.17) is 10.5 Å². The molecule has 0 aliphatic carbocycles. The zero-order chi connectivity index (χ0) is 18.1. The molecular weight excluding hydrogens is 334 g/mol. The molecule has 0 radical (unpaired) electrons. The second-order valence-corrected chi connectivity index (χ2v) is 6.69. The highest BCUT2D eigenvalue weighted by Gasteiger charge is 2.34. The standard InChI is InChI=1S/C19H19N3O2S/c1-4-22-11(2)9-15-17(19(22)23)16(14(10-20)18(21)24-15)12-5-7-13(25-3)8-6-12/h5-9,16H,4,21H2,1-3H3/t16-/m1/s1. The maximum absolute atomic E-state index is 13.0. The molecule has 0 spiro atoms. The van der Waals surface area contributed by atoms with Crippen molar-refractivity contribution in [2.24, 2.45) is 5.73 Å². The number of allylic oxidation sites excluding steroid dienone is 1. The SMILES string of the molecule is CCn1c(C)cc2c(c1=O)[C@H](c1ccc(SC)cc1)C(C#N)=C(N)O2. The molecule has 1 aromatic carbocycles. The van der Waals surface area contributed by atoms with Gasteiger partial charge in [-0.15, -0.1) is 11.8 Å². The summed E-state index contributed by atoms with van der Waals surface area (Å²) in [5.74, 6) is -0.0276. The second kappa shape index (κ2) is 6.69. The van der Waals surface area contributed by atoms with Gasteiger partial charge in [0.25, 0.3) is 5.56 Å². The highest BCUT2D eigenvalue weighted by molar-refractivity contribution is 7.98. The Hall–Kier alpha value is -2.65. The molecule has 1 atom stereocenters. The molecule has 6 heteroatoms. The number of hydrogen-bond acceptors (Lipinski definition) is 5. The molecule has 2 aromatic rings. The number of pyridine rings is 1. The minimum Gasteiger partial charge on any atom is -0.440 e. The summed E-state index contributed by atoms with van der Waals surface area (Å²) in [7, 11) is 0. The average molecular weight is 353 g/mol. The molecule has 3 rings (SSSR count). The third-order valence-corrected chi connectivity index (χ3v) is 5.20. The van der Waals surface area contributed by atoms with E-state index in [1.54, 1.807) is 16.3 Å². The van der Waals surface area contributed by atoms with Gasteiger partial charge < -0.3 is 15.0 Å². The van der Waals surface area contributed by atoms with Crippen LogP contribution in [0.25, 0.3) is 0 Å². The lowest BCUT2D eigenvalue weighted by Gasteiger charge is -2.27. The fourth-order valence-corrected chi connectivity index (χ4v) is 3.62. The van der Waals surface area contributed by atoms with Gasteiger partial charge in [-0.3, -0.25) is 4.79 Å². The van der Waals surface area contributed by atoms with Crippen molar-refractivity contribution in [2.75, 3.05) is 6.26 Å². The Balaban J connectivity index is 2.29. The number of nitrogens with zero attached hydrogens (tertiary/aromatic N) is 2. The van der Waals surface area contributed by atoms with Crippen molar-refractivity contribution in [3.63, 3.8) is 0 Å². The summed E-state index contributed by atoms with van der Waals surface area (Å²) in [6.07, 6.45) is 2.00. The normalized spacial score (nSPS) is 16.2. The van der Waals surface area contributed by atoms with Gasteiger partial charge in [-0.1, -0.05) is 12.1 Å². The van der Waals surface area contributed by atoms with Gasteiger partial charge in [0.15, 0.2) is 0 Å². The molecule has 1 aliphatic heterocycles. The molecule has 25 heavy (non-hydrogen) atoms. The number of fused-ring (bicyclic) bond motifs is 1. The lowest BCUT2D eigenvalue weighted by atomic mass is 9.84. The van der Waals surface area contributed by atoms with Crippen molar-refractivity contribution in [1.82, 2.24) is 4.57 Å². The fraction of sp³-hybridized carbons (Fsp3) is 0.263. The Labute approximate surface area is 150 Å². The Morgan fingerprint density at radius 1 is 1.36 bits per heavy atom. The number of hydrogen-bond donors (Lipinski definition) is 1. The Morgan fingerprint density at radius 3 is 2.60 bits per heavy atom. The van der Waals surface area contributed by atoms with E-state index in [9.17, 15) is 10.1 Å². The Morgan fingerprint density at radius 2 is 2.04 bits per heavy atom. The van der Waals surface area contributed by atoms with E-state index in [1.165, 1.54) is 0 Å². The number of benzene rings is 1. The summed E-state index contributed by atoms with van der Waals surface area (Å²) in [5, 5.41) is 9.61. The number of thioether (sulfide) groups is 1. The summed E-state index contributed by atoms with van der Waals surface area (Å²) >= 11 is 1.64. The van der Waals surface area contributed by atoms with Gasteiger partial charge in [0.05, 0.1) is 11.5 Å². The van der Waals surface area contributed by atoms with Crippen LogP contribution in [0.4, 0.5) is 0 Å². The van der Waals surface area contributed by atoms with Gasteiger partial charge in [-0.05, 0) is 37.8 Å². The molecule has 2 heterocycles. The van der Waals surface area contributed by atoms with E-state index in [-0.39, 0.29) is 17.0 Å². The molecule has 5 nitrogen and oxygen atoms in total. The molecular formula is C19H19N3O2S. The van der Waals surface area contributed by atoms with Crippen LogP contribution >= 0.6 is 11.8 Å². The first-order chi connectivity index (χ1) is 12.0. The molecule has 1 aliphatic rings. The van der Waals surface area contributed by atoms with Crippen LogP contribution in [0.2, 0.25) is 0 Å². The van der Waals surface area contributed by atoms with E-state index >= 15 is 0 Å². The van der Waals surface area contributed by atoms with E-state index in [0.717, 1.165) is 16.2 Å². The molecule has 128 valence electrons. The van der Waals surface area contributed by atoms with Gasteiger partial charge in [-0.25, -0.2) is 0 Å². The fourth-order valence-electron chi connectivity index (χ4n) is 3.21. The quantitative estimate of drug-likeness (QED) is 0.858. The van der Waals surface area contributed by atoms with Crippen molar-refractivity contribution in [3.8, 4) is 11.8 Å². The van der Waals surface area contributed by atoms with Crippen molar-refractivity contribution < 1.29 is 4.74 Å². The third kappa shape index (κ3) is 2.81. The van der Waals surface area contributed by atoms with Gasteiger partial charge in [-0.2, -0.15) is 5.26 Å². The molecule has 0 saturated carbocycles. The number of rotatable bonds is 3. The monoisotopic (exact) mass is 353 g/mol. The number of nitrogens with two attached hydrogens (primary N) is 1. The first kappa shape index (κ1) is 17.2. The van der Waals surface area contributed by atoms with Crippen LogP contribution in [-0.2, 0) is 6.54 Å². The highest BCUT2D eigenvalue weighted by atomic mass is 32.2. The summed E-state index contributed by atoms with van der Waals surface area (Å²) in [4.78, 5) is 14.2. The van der Waals surface area contributed by atoms with Crippen molar-refractivity contribution in [3.05, 3.63) is 69.0 Å². The van der Waals surface area contributed by atoms with Crippen molar-refractivity contribution >= 4 is 11.8 Å². The molecule has 1 aromatic heterocycles. The molecule has 0 saturated heterocycles. The number of aryl methyl sites for hydroxylation is 1. The Bertz CT molecular complexity index is 952. The summed E-state index contributed by atoms with van der Waals surface area (Å²) in [6, 6.07) is 11.8. The predicted molar refractivity (Wildman–Crippen MR) is 98.6 cm³/mol. The zero-order valence-electron chi connectivity index (χ0n) is 14.4. The minimum absolute atomic E-state index is 0.0574. The first-order valence-corrected chi connectivity index (χ1v) is 9.20. The summed E-state index contributed by atoms with van der Waals surface area (Å²) < 4.78 is 7.29. The van der Waals surface area contributed by atoms with Crippen LogP contribution in [0.3, 0.4) is 0 Å². The summed E-state index contributed by atoms with van der Waals surface area (Å²) in [6.45, 7) is 4.33. The molecule has 0 fully saturated rings. The minimum atomic E-state index is -0.518. The van der Waals surface area contributed by atoms with Gasteiger partial charge >= 0.3 is 0 Å². The molecule has 2 N–H and O–H groups in total. The van der Waals surface area contributed by atoms with Gasteiger partial charge in [0.2, 0.25) is 5.88 Å². The van der Waals surface area contributed by atoms with E-state index in [1.807, 2.05) is 50.4 Å². The third-order valence-electron chi connectivity index (χ3n) is 4.46. The predicted octanol–water partition coefficient (Wildman–Crippen LogP) is 3.12. The zero-order valence-corrected chi connectivity index (χ0v) is 15.2. The maximum Gasteiger partial charge on any atom is 0.258 e. The van der Waals surface area contributed by atoms with Gasteiger partial charge in [0, 0.05) is 23.2 Å². The van der Waals surface area contributed by atoms with Crippen LogP contribution in [0.1, 0.15) is 29.7 Å². The second-order valence-electron chi connectivity index (χ2n) is 5.81. The molecule has 0 unspecified atom stereocenters. The number of aromatic nitrogens is 1. The van der Waals surface area contributed by atoms with Crippen LogP contribution in [0, 0.1) is 18.3 Å². The van der Waals surface area contributed by atoms with Crippen LogP contribution in [0.5, 0.6) is 5.75 Å². The summed E-state index contributed by atoms with van der Waals surface area (Å²) in [5.41, 5.74) is 8.23. The maximum atomic E-state index is 13.0. The molecule has 0 amide bonds. The van der Waals surface area contributed by atoms with Crippen molar-refractivity contribution in [1.29, 1.82) is 5.26 Å². The number of nitriles is 1. The topological polar surface area (TPSA) is 81.0 Å². The number of ether oxygens (including phenoxy) is 1. The molecule has 0 bridgehead atoms. The van der Waals surface area contributed by atoms with Crippen LogP contribution in [0.15, 0.2) is 51.5 Å². The first-order valence-electron chi connectivity index (χ1n) is 7.97. The Kier molecular flexibility index (Phi) is 4.60. The highest BCUT2D eigenvalue weighted by Crippen LogP contribution is 2.40.